The zero-order chi connectivity index (χ0) is 23.7. The number of amides is 1. The van der Waals surface area contributed by atoms with Crippen LogP contribution < -0.4 is 20.1 Å². The number of fused-ring (bicyclic) bond motifs is 2. The zero-order valence-corrected chi connectivity index (χ0v) is 20.0. The van der Waals surface area contributed by atoms with E-state index in [1.54, 1.807) is 11.9 Å². The Labute approximate surface area is 208 Å². The van der Waals surface area contributed by atoms with E-state index in [-0.39, 0.29) is 18.6 Å². The number of rotatable bonds is 4. The minimum absolute atomic E-state index is 0.129. The van der Waals surface area contributed by atoms with Crippen molar-refractivity contribution in [2.24, 2.45) is 10.9 Å². The molecule has 9 heteroatoms. The number of benzene rings is 2. The largest absolute Gasteiger partial charge is 0.454 e. The quantitative estimate of drug-likeness (QED) is 0.631. The Hall–Kier alpha value is -3.36. The number of thiocarbonyl (C=S) groups is 1. The van der Waals surface area contributed by atoms with Gasteiger partial charge >= 0.3 is 0 Å². The highest BCUT2D eigenvalue weighted by atomic mass is 35.5. The van der Waals surface area contributed by atoms with Crippen molar-refractivity contribution in [3.8, 4) is 11.5 Å². The van der Waals surface area contributed by atoms with E-state index in [2.05, 4.69) is 10.6 Å². The maximum absolute atomic E-state index is 13.3. The van der Waals surface area contributed by atoms with Crippen LogP contribution in [0.15, 0.2) is 76.4 Å². The van der Waals surface area contributed by atoms with Crippen LogP contribution in [-0.4, -0.2) is 41.6 Å². The van der Waals surface area contributed by atoms with Gasteiger partial charge in [-0.25, -0.2) is 0 Å². The summed E-state index contributed by atoms with van der Waals surface area (Å²) in [5.41, 5.74) is 3.58. The second kappa shape index (κ2) is 9.48. The van der Waals surface area contributed by atoms with Crippen molar-refractivity contribution in [3.63, 3.8) is 0 Å². The lowest BCUT2D eigenvalue weighted by Gasteiger charge is -2.28. The van der Waals surface area contributed by atoms with Gasteiger partial charge in [0.05, 0.1) is 5.71 Å². The molecule has 2 aromatic carbocycles. The van der Waals surface area contributed by atoms with Crippen LogP contribution in [0, 0.1) is 5.92 Å². The first-order valence-corrected chi connectivity index (χ1v) is 11.7. The first-order chi connectivity index (χ1) is 16.5. The fourth-order valence-corrected chi connectivity index (χ4v) is 4.63. The summed E-state index contributed by atoms with van der Waals surface area (Å²) in [7, 11) is 1.76. The minimum Gasteiger partial charge on any atom is -0.454 e. The van der Waals surface area contributed by atoms with Crippen LogP contribution >= 0.6 is 23.8 Å². The summed E-state index contributed by atoms with van der Waals surface area (Å²) >= 11 is 11.9. The van der Waals surface area contributed by atoms with E-state index in [1.165, 1.54) is 0 Å². The zero-order valence-electron chi connectivity index (χ0n) is 18.5. The number of carbonyl (C=O) groups excluding carboxylic acids is 1. The van der Waals surface area contributed by atoms with Gasteiger partial charge in [-0.15, -0.1) is 0 Å². The molecule has 0 aromatic heterocycles. The van der Waals surface area contributed by atoms with Gasteiger partial charge in [0.1, 0.15) is 0 Å². The second-order valence-electron chi connectivity index (χ2n) is 8.16. The molecule has 1 aliphatic carbocycles. The number of hydrogen-bond donors (Lipinski definition) is 2. The number of nitrogens with one attached hydrogen (secondary N) is 2. The third kappa shape index (κ3) is 4.51. The number of aliphatic imine (C=N–C) groups is 1. The molecule has 0 bridgehead atoms. The molecule has 7 nitrogen and oxygen atoms in total. The lowest BCUT2D eigenvalue weighted by atomic mass is 9.87. The summed E-state index contributed by atoms with van der Waals surface area (Å²) in [6, 6.07) is 15.6. The summed E-state index contributed by atoms with van der Waals surface area (Å²) in [5, 5.41) is 7.30. The van der Waals surface area contributed by atoms with Crippen molar-refractivity contribution in [2.45, 2.75) is 19.1 Å². The molecule has 0 fully saturated rings. The highest BCUT2D eigenvalue weighted by Crippen LogP contribution is 2.35. The van der Waals surface area contributed by atoms with E-state index in [1.807, 2.05) is 60.7 Å². The highest BCUT2D eigenvalue weighted by molar-refractivity contribution is 7.80. The molecule has 5 rings (SSSR count). The van der Waals surface area contributed by atoms with Gasteiger partial charge < -0.3 is 25.0 Å². The predicted molar refractivity (Wildman–Crippen MR) is 135 cm³/mol. The summed E-state index contributed by atoms with van der Waals surface area (Å²) in [6.07, 6.45) is 3.44. The van der Waals surface area contributed by atoms with Crippen molar-refractivity contribution in [2.75, 3.05) is 13.8 Å². The fourth-order valence-electron chi connectivity index (χ4n) is 4.22. The Morgan fingerprint density at radius 3 is 2.79 bits per heavy atom. The van der Waals surface area contributed by atoms with Crippen molar-refractivity contribution >= 4 is 40.6 Å². The normalized spacial score (nSPS) is 21.1. The minimum atomic E-state index is -0.873. The highest BCUT2D eigenvalue weighted by Gasteiger charge is 2.36. The molecule has 174 valence electrons. The van der Waals surface area contributed by atoms with Crippen molar-refractivity contribution in [3.05, 3.63) is 82.5 Å². The van der Waals surface area contributed by atoms with E-state index < -0.39 is 6.17 Å². The smallest absolute Gasteiger partial charge is 0.271 e. The molecule has 2 N–H and O–H groups in total. The molecule has 0 saturated carbocycles. The van der Waals surface area contributed by atoms with Crippen LogP contribution in [0.1, 0.15) is 17.5 Å². The Kier molecular flexibility index (Phi) is 6.26. The van der Waals surface area contributed by atoms with E-state index in [0.717, 1.165) is 33.3 Å². The van der Waals surface area contributed by atoms with Gasteiger partial charge in [-0.2, -0.15) is 0 Å². The number of likely N-dealkylation sites (N-methyl/N-ethyl adjacent to an activating group) is 1. The van der Waals surface area contributed by atoms with Crippen LogP contribution in [0.25, 0.3) is 0 Å². The Bertz CT molecular complexity index is 1230. The van der Waals surface area contributed by atoms with Crippen LogP contribution in [0.3, 0.4) is 0 Å². The Morgan fingerprint density at radius 1 is 1.18 bits per heavy atom. The SMILES string of the molecule is CN1C(=O)C(NC(=S)NCc2ccc3c(c2)OCO3)N=C(c2ccccc2)C2CC(Cl)=CC=C21. The molecule has 2 aromatic rings. The van der Waals surface area contributed by atoms with Crippen molar-refractivity contribution < 1.29 is 14.3 Å². The topological polar surface area (TPSA) is 75.2 Å². The predicted octanol–water partition coefficient (Wildman–Crippen LogP) is 3.69. The molecule has 2 aliphatic heterocycles. The third-order valence-electron chi connectivity index (χ3n) is 5.97. The first-order valence-electron chi connectivity index (χ1n) is 10.9. The Balaban J connectivity index is 1.37. The van der Waals surface area contributed by atoms with Gasteiger partial charge in [0.2, 0.25) is 13.0 Å². The molecular weight excluding hydrogens is 472 g/mol. The summed E-state index contributed by atoms with van der Waals surface area (Å²) in [5.74, 6) is 1.11. The number of hydrogen-bond acceptors (Lipinski definition) is 5. The van der Waals surface area contributed by atoms with Gasteiger partial charge in [-0.05, 0) is 54.1 Å². The number of ether oxygens (including phenoxy) is 2. The lowest BCUT2D eigenvalue weighted by molar-refractivity contribution is -0.129. The fraction of sp³-hybridized carbons (Fsp3) is 0.240. The molecule has 0 saturated heterocycles. The van der Waals surface area contributed by atoms with Crippen LogP contribution in [0.5, 0.6) is 11.5 Å². The average molecular weight is 495 g/mol. The molecule has 0 spiro atoms. The third-order valence-corrected chi connectivity index (χ3v) is 6.51. The molecule has 0 radical (unpaired) electrons. The summed E-state index contributed by atoms with van der Waals surface area (Å²) in [4.78, 5) is 19.8. The van der Waals surface area contributed by atoms with Crippen molar-refractivity contribution in [1.29, 1.82) is 0 Å². The standard InChI is InChI=1S/C25H23ClN4O3S/c1-30-19-9-8-17(26)12-18(19)22(16-5-3-2-4-6-16)28-23(24(30)31)29-25(34)27-13-15-7-10-20-21(11-15)33-14-32-20/h2-11,18,23H,12-14H2,1H3,(H2,27,29,34). The summed E-state index contributed by atoms with van der Waals surface area (Å²) < 4.78 is 10.8. The molecule has 1 amide bonds. The molecule has 2 unspecified atom stereocenters. The van der Waals surface area contributed by atoms with E-state index >= 15 is 0 Å². The molecule has 34 heavy (non-hydrogen) atoms. The number of halogens is 1. The van der Waals surface area contributed by atoms with Gasteiger partial charge in [0.15, 0.2) is 16.6 Å². The monoisotopic (exact) mass is 494 g/mol. The second-order valence-corrected chi connectivity index (χ2v) is 9.05. The van der Waals surface area contributed by atoms with E-state index in [0.29, 0.717) is 23.8 Å². The number of nitrogens with zero attached hydrogens (tertiary/aromatic N) is 2. The van der Waals surface area contributed by atoms with Crippen LogP contribution in [0.4, 0.5) is 0 Å². The van der Waals surface area contributed by atoms with Crippen LogP contribution in [-0.2, 0) is 11.3 Å². The summed E-state index contributed by atoms with van der Waals surface area (Å²) in [6.45, 7) is 0.686. The maximum atomic E-state index is 13.3. The maximum Gasteiger partial charge on any atom is 0.271 e. The van der Waals surface area contributed by atoms with Gasteiger partial charge in [-0.1, -0.05) is 48.0 Å². The molecule has 2 heterocycles. The average Bonchev–Trinajstić information content (AvgIpc) is 3.29. The van der Waals surface area contributed by atoms with E-state index in [9.17, 15) is 4.79 Å². The lowest BCUT2D eigenvalue weighted by Crippen LogP contribution is -2.48. The van der Waals surface area contributed by atoms with Gasteiger partial charge in [0.25, 0.3) is 5.91 Å². The van der Waals surface area contributed by atoms with Crippen molar-refractivity contribution in [1.82, 2.24) is 15.5 Å². The first kappa shape index (κ1) is 22.4. The van der Waals surface area contributed by atoms with E-state index in [4.69, 9.17) is 38.3 Å². The van der Waals surface area contributed by atoms with Gasteiger partial charge in [-0.3, -0.25) is 9.79 Å². The number of allylic oxidation sites excluding steroid dienone is 4. The molecule has 3 aliphatic rings. The molecular formula is C25H23ClN4O3S. The number of carbonyl (C=O) groups is 1. The Morgan fingerprint density at radius 2 is 1.97 bits per heavy atom. The van der Waals surface area contributed by atoms with Gasteiger partial charge in [0, 0.05) is 30.2 Å². The molecule has 2 atom stereocenters. The van der Waals surface area contributed by atoms with Crippen LogP contribution in [0.2, 0.25) is 0 Å².